The number of amides is 1. The lowest BCUT2D eigenvalue weighted by Crippen LogP contribution is -2.48. The highest BCUT2D eigenvalue weighted by atomic mass is 16.2. The van der Waals surface area contributed by atoms with E-state index < -0.39 is 0 Å². The molecule has 1 aromatic heterocycles. The number of nitrogens with one attached hydrogen (secondary N) is 1. The van der Waals surface area contributed by atoms with Gasteiger partial charge in [-0.15, -0.1) is 0 Å². The van der Waals surface area contributed by atoms with Crippen molar-refractivity contribution >= 4 is 11.6 Å². The minimum Gasteiger partial charge on any atom is -0.335 e. The molecule has 3 aliphatic heterocycles. The lowest BCUT2D eigenvalue weighted by atomic mass is 9.90. The highest BCUT2D eigenvalue weighted by molar-refractivity contribution is 6.15. The summed E-state index contributed by atoms with van der Waals surface area (Å²) in [6, 6.07) is 9.00. The van der Waals surface area contributed by atoms with Gasteiger partial charge in [-0.3, -0.25) is 14.8 Å². The molecule has 0 aliphatic carbocycles. The molecule has 1 amide bonds. The Hall–Kier alpha value is -2.53. The van der Waals surface area contributed by atoms with E-state index in [0.29, 0.717) is 19.0 Å². The van der Waals surface area contributed by atoms with Gasteiger partial charge in [-0.05, 0) is 67.7 Å². The minimum atomic E-state index is 0.276. The van der Waals surface area contributed by atoms with Crippen LogP contribution in [0.15, 0.2) is 35.5 Å². The first kappa shape index (κ1) is 16.6. The molecule has 1 saturated heterocycles. The molecule has 2 aromatic rings. The number of aliphatic imine (C=N–C) groups is 1. The number of rotatable bonds is 2. The van der Waals surface area contributed by atoms with E-state index in [1.54, 1.807) is 0 Å². The average Bonchev–Trinajstić information content (AvgIpc) is 3.09. The first-order valence-corrected chi connectivity index (χ1v) is 9.82. The Morgan fingerprint density at radius 1 is 1.11 bits per heavy atom. The molecule has 5 heteroatoms. The topological polar surface area (TPSA) is 57.6 Å². The van der Waals surface area contributed by atoms with Gasteiger partial charge in [-0.25, -0.2) is 0 Å². The fourth-order valence-corrected chi connectivity index (χ4v) is 4.58. The first-order chi connectivity index (χ1) is 13.2. The van der Waals surface area contributed by atoms with Gasteiger partial charge in [-0.1, -0.05) is 6.07 Å². The van der Waals surface area contributed by atoms with E-state index >= 15 is 0 Å². The monoisotopic (exact) mass is 360 g/mol. The maximum atomic E-state index is 12.7. The van der Waals surface area contributed by atoms with Crippen molar-refractivity contribution in [3.63, 3.8) is 0 Å². The molecule has 3 aliphatic rings. The maximum Gasteiger partial charge on any atom is 0.227 e. The number of aryl methyl sites for hydroxylation is 1. The van der Waals surface area contributed by atoms with E-state index in [0.717, 1.165) is 49.4 Å². The summed E-state index contributed by atoms with van der Waals surface area (Å²) in [5.74, 6) is 0.276. The third-order valence-corrected chi connectivity index (χ3v) is 6.01. The summed E-state index contributed by atoms with van der Waals surface area (Å²) in [5.41, 5.74) is 8.12. The van der Waals surface area contributed by atoms with Crippen LogP contribution in [0.4, 0.5) is 0 Å². The molecule has 27 heavy (non-hydrogen) atoms. The molecule has 4 heterocycles. The molecule has 1 fully saturated rings. The Morgan fingerprint density at radius 3 is 2.78 bits per heavy atom. The highest BCUT2D eigenvalue weighted by Crippen LogP contribution is 2.31. The van der Waals surface area contributed by atoms with Crippen molar-refractivity contribution in [2.24, 2.45) is 4.99 Å². The standard InChI is InChI=1S/C22H24N4O/c1-14-8-15(2-7-24-14)22-20-10-18-13-26(19-3-5-23-6-4-19)21(27)11-16(18)9-17(20)12-25-22/h2,7-10,19,23H,3-6,11-13H2,1H3. The number of hydrogen-bond acceptors (Lipinski definition) is 4. The van der Waals surface area contributed by atoms with E-state index in [2.05, 4.69) is 33.4 Å². The molecule has 5 nitrogen and oxygen atoms in total. The van der Waals surface area contributed by atoms with Crippen LogP contribution in [0.25, 0.3) is 0 Å². The zero-order valence-corrected chi connectivity index (χ0v) is 15.7. The van der Waals surface area contributed by atoms with Gasteiger partial charge < -0.3 is 10.2 Å². The third kappa shape index (κ3) is 2.96. The number of aromatic nitrogens is 1. The van der Waals surface area contributed by atoms with Crippen molar-refractivity contribution in [1.82, 2.24) is 15.2 Å². The van der Waals surface area contributed by atoms with Crippen LogP contribution in [0.5, 0.6) is 0 Å². The second-order valence-electron chi connectivity index (χ2n) is 7.81. The van der Waals surface area contributed by atoms with Gasteiger partial charge in [0.25, 0.3) is 0 Å². The van der Waals surface area contributed by atoms with Crippen molar-refractivity contribution in [3.8, 4) is 0 Å². The molecule has 1 aromatic carbocycles. The number of fused-ring (bicyclic) bond motifs is 2. The van der Waals surface area contributed by atoms with Crippen LogP contribution >= 0.6 is 0 Å². The van der Waals surface area contributed by atoms with Crippen molar-refractivity contribution < 1.29 is 4.79 Å². The first-order valence-electron chi connectivity index (χ1n) is 9.82. The smallest absolute Gasteiger partial charge is 0.227 e. The Morgan fingerprint density at radius 2 is 1.96 bits per heavy atom. The number of benzene rings is 1. The lowest BCUT2D eigenvalue weighted by molar-refractivity contribution is -0.135. The Balaban J connectivity index is 1.48. The van der Waals surface area contributed by atoms with Gasteiger partial charge in [0.15, 0.2) is 0 Å². The predicted octanol–water partition coefficient (Wildman–Crippen LogP) is 2.38. The lowest BCUT2D eigenvalue weighted by Gasteiger charge is -2.38. The zero-order valence-electron chi connectivity index (χ0n) is 15.7. The molecule has 0 unspecified atom stereocenters. The van der Waals surface area contributed by atoms with E-state index in [1.807, 2.05) is 19.2 Å². The van der Waals surface area contributed by atoms with Gasteiger partial charge in [0.2, 0.25) is 5.91 Å². The fraction of sp³-hybridized carbons (Fsp3) is 0.409. The largest absolute Gasteiger partial charge is 0.335 e. The van der Waals surface area contributed by atoms with Crippen molar-refractivity contribution in [1.29, 1.82) is 0 Å². The Kier molecular flexibility index (Phi) is 4.05. The summed E-state index contributed by atoms with van der Waals surface area (Å²) < 4.78 is 0. The Labute approximate surface area is 159 Å². The molecule has 0 atom stereocenters. The van der Waals surface area contributed by atoms with Crippen molar-refractivity contribution in [3.05, 3.63) is 64.0 Å². The summed E-state index contributed by atoms with van der Waals surface area (Å²) in [5, 5.41) is 3.39. The van der Waals surface area contributed by atoms with Gasteiger partial charge >= 0.3 is 0 Å². The normalized spacial score (nSPS) is 19.7. The summed E-state index contributed by atoms with van der Waals surface area (Å²) in [7, 11) is 0. The van der Waals surface area contributed by atoms with Crippen molar-refractivity contribution in [2.75, 3.05) is 13.1 Å². The van der Waals surface area contributed by atoms with Gasteiger partial charge in [0, 0.05) is 35.6 Å². The predicted molar refractivity (Wildman–Crippen MR) is 105 cm³/mol. The minimum absolute atomic E-state index is 0.276. The number of carbonyl (C=O) groups is 1. The number of piperidine rings is 1. The fourth-order valence-electron chi connectivity index (χ4n) is 4.58. The maximum absolute atomic E-state index is 12.7. The average molecular weight is 360 g/mol. The SMILES string of the molecule is Cc1cc(C2=NCc3cc4c(cc32)CN(C2CCNCC2)C(=O)C4)ccn1. The molecule has 0 radical (unpaired) electrons. The number of nitrogens with zero attached hydrogens (tertiary/aromatic N) is 3. The number of carbonyl (C=O) groups excluding carboxylic acids is 1. The van der Waals surface area contributed by atoms with Gasteiger partial charge in [0.05, 0.1) is 18.7 Å². The van der Waals surface area contributed by atoms with Crippen LogP contribution in [0.2, 0.25) is 0 Å². The van der Waals surface area contributed by atoms with Crippen LogP contribution in [-0.4, -0.2) is 40.6 Å². The molecule has 0 bridgehead atoms. The molecular weight excluding hydrogens is 336 g/mol. The van der Waals surface area contributed by atoms with Crippen LogP contribution in [0.3, 0.4) is 0 Å². The van der Waals surface area contributed by atoms with Gasteiger partial charge in [-0.2, -0.15) is 0 Å². The second kappa shape index (κ2) is 6.57. The van der Waals surface area contributed by atoms with E-state index in [1.165, 1.54) is 22.3 Å². The van der Waals surface area contributed by atoms with E-state index in [-0.39, 0.29) is 5.91 Å². The molecule has 0 saturated carbocycles. The van der Waals surface area contributed by atoms with Crippen LogP contribution in [0.1, 0.15) is 46.4 Å². The summed E-state index contributed by atoms with van der Waals surface area (Å²) in [6.45, 7) is 5.45. The van der Waals surface area contributed by atoms with E-state index in [4.69, 9.17) is 4.99 Å². The molecule has 5 rings (SSSR count). The molecule has 0 spiro atoms. The second-order valence-corrected chi connectivity index (χ2v) is 7.81. The summed E-state index contributed by atoms with van der Waals surface area (Å²) >= 11 is 0. The number of pyridine rings is 1. The molecule has 1 N–H and O–H groups in total. The van der Waals surface area contributed by atoms with E-state index in [9.17, 15) is 4.79 Å². The zero-order chi connectivity index (χ0) is 18.4. The van der Waals surface area contributed by atoms with Crippen LogP contribution in [0, 0.1) is 6.92 Å². The van der Waals surface area contributed by atoms with Crippen LogP contribution < -0.4 is 5.32 Å². The third-order valence-electron chi connectivity index (χ3n) is 6.01. The van der Waals surface area contributed by atoms with Crippen molar-refractivity contribution in [2.45, 2.75) is 45.3 Å². The summed E-state index contributed by atoms with van der Waals surface area (Å²) in [4.78, 5) is 24.0. The Bertz CT molecular complexity index is 943. The summed E-state index contributed by atoms with van der Waals surface area (Å²) in [6.07, 6.45) is 4.47. The molecular formula is C22H24N4O. The highest BCUT2D eigenvalue weighted by Gasteiger charge is 2.31. The number of hydrogen-bond donors (Lipinski definition) is 1. The van der Waals surface area contributed by atoms with Crippen LogP contribution in [-0.2, 0) is 24.3 Å². The van der Waals surface area contributed by atoms with Gasteiger partial charge in [0.1, 0.15) is 0 Å². The quantitative estimate of drug-likeness (QED) is 0.895. The molecule has 138 valence electrons.